The average molecular weight is 327 g/mol. The molecule has 0 aliphatic rings. The number of aryl methyl sites for hydroxylation is 4. The highest BCUT2D eigenvalue weighted by molar-refractivity contribution is 7.11. The van der Waals surface area contributed by atoms with E-state index in [1.807, 2.05) is 11.7 Å². The van der Waals surface area contributed by atoms with Crippen molar-refractivity contribution in [2.24, 2.45) is 7.05 Å². The zero-order valence-electron chi connectivity index (χ0n) is 13.3. The number of rotatable bonds is 6. The molecule has 1 atom stereocenters. The first kappa shape index (κ1) is 16.5. The summed E-state index contributed by atoms with van der Waals surface area (Å²) in [6.45, 7) is 9.24. The fourth-order valence-corrected chi connectivity index (χ4v) is 3.98. The Kier molecular flexibility index (Phi) is 5.41. The van der Waals surface area contributed by atoms with Crippen LogP contribution in [0, 0.1) is 13.8 Å². The van der Waals surface area contributed by atoms with Gasteiger partial charge in [0.25, 0.3) is 0 Å². The molecule has 0 bridgehead atoms. The molecule has 0 spiro atoms. The van der Waals surface area contributed by atoms with Crippen LogP contribution in [-0.2, 0) is 19.9 Å². The van der Waals surface area contributed by atoms with Crippen LogP contribution in [0.1, 0.15) is 46.9 Å². The van der Waals surface area contributed by atoms with Crippen LogP contribution in [0.25, 0.3) is 0 Å². The van der Waals surface area contributed by atoms with Crippen LogP contribution < -0.4 is 5.32 Å². The van der Waals surface area contributed by atoms with Crippen LogP contribution in [0.3, 0.4) is 0 Å². The van der Waals surface area contributed by atoms with Gasteiger partial charge in [-0.2, -0.15) is 5.10 Å². The Morgan fingerprint density at radius 2 is 2.05 bits per heavy atom. The van der Waals surface area contributed by atoms with E-state index in [-0.39, 0.29) is 6.04 Å². The number of nitrogens with one attached hydrogen (secondary N) is 1. The van der Waals surface area contributed by atoms with E-state index in [1.54, 1.807) is 11.3 Å². The standard InChI is InChI=1S/C15H23ClN4S/c1-6-11-14(16)13(20(5)19-11)8-12(17-7-2)15-9(3)18-10(4)21-15/h12,17H,6-8H2,1-5H3. The highest BCUT2D eigenvalue weighted by Crippen LogP contribution is 2.30. The van der Waals surface area contributed by atoms with E-state index in [2.05, 4.69) is 43.1 Å². The largest absolute Gasteiger partial charge is 0.309 e. The van der Waals surface area contributed by atoms with Gasteiger partial charge < -0.3 is 5.32 Å². The van der Waals surface area contributed by atoms with Crippen LogP contribution in [0.5, 0.6) is 0 Å². The molecule has 1 N–H and O–H groups in total. The monoisotopic (exact) mass is 326 g/mol. The summed E-state index contributed by atoms with van der Waals surface area (Å²) in [4.78, 5) is 5.84. The van der Waals surface area contributed by atoms with E-state index in [1.165, 1.54) is 4.88 Å². The van der Waals surface area contributed by atoms with Gasteiger partial charge in [-0.05, 0) is 26.8 Å². The summed E-state index contributed by atoms with van der Waals surface area (Å²) < 4.78 is 1.91. The molecule has 2 rings (SSSR count). The van der Waals surface area contributed by atoms with Crippen molar-refractivity contribution in [1.29, 1.82) is 0 Å². The van der Waals surface area contributed by atoms with Crippen LogP contribution in [0.15, 0.2) is 0 Å². The second-order valence-corrected chi connectivity index (χ2v) is 6.79. The average Bonchev–Trinajstić information content (AvgIpc) is 2.90. The molecule has 0 fully saturated rings. The maximum atomic E-state index is 6.48. The van der Waals surface area contributed by atoms with Gasteiger partial charge in [0.2, 0.25) is 0 Å². The Balaban J connectivity index is 2.33. The first-order valence-electron chi connectivity index (χ1n) is 7.35. The van der Waals surface area contributed by atoms with Crippen LogP contribution in [0.2, 0.25) is 5.02 Å². The van der Waals surface area contributed by atoms with Gasteiger partial charge in [0.1, 0.15) is 0 Å². The molecule has 4 nitrogen and oxygen atoms in total. The molecule has 116 valence electrons. The Labute approximate surface area is 135 Å². The lowest BCUT2D eigenvalue weighted by Crippen LogP contribution is -2.24. The normalized spacial score (nSPS) is 12.9. The van der Waals surface area contributed by atoms with Crippen LogP contribution >= 0.6 is 22.9 Å². The molecule has 0 amide bonds. The summed E-state index contributed by atoms with van der Waals surface area (Å²) in [7, 11) is 1.97. The minimum atomic E-state index is 0.235. The molecular formula is C15H23ClN4S. The molecule has 2 aromatic heterocycles. The number of halogens is 1. The molecule has 0 saturated carbocycles. The summed E-state index contributed by atoms with van der Waals surface area (Å²) in [6, 6.07) is 0.235. The summed E-state index contributed by atoms with van der Waals surface area (Å²) in [5.74, 6) is 0. The van der Waals surface area contributed by atoms with Gasteiger partial charge in [-0.3, -0.25) is 4.68 Å². The Morgan fingerprint density at radius 1 is 1.33 bits per heavy atom. The fourth-order valence-electron chi connectivity index (χ4n) is 2.61. The molecule has 0 aromatic carbocycles. The highest BCUT2D eigenvalue weighted by atomic mass is 35.5. The van der Waals surface area contributed by atoms with Gasteiger partial charge in [-0.25, -0.2) is 4.98 Å². The number of hydrogen-bond acceptors (Lipinski definition) is 4. The second-order valence-electron chi connectivity index (χ2n) is 5.18. The van der Waals surface area contributed by atoms with Crippen LogP contribution in [-0.4, -0.2) is 21.3 Å². The lowest BCUT2D eigenvalue weighted by Gasteiger charge is -2.17. The second kappa shape index (κ2) is 6.90. The first-order chi connectivity index (χ1) is 9.97. The third kappa shape index (κ3) is 3.47. The molecule has 21 heavy (non-hydrogen) atoms. The molecule has 0 aliphatic carbocycles. The zero-order valence-corrected chi connectivity index (χ0v) is 14.9. The van der Waals surface area contributed by atoms with E-state index < -0.39 is 0 Å². The molecule has 0 saturated heterocycles. The molecule has 2 heterocycles. The third-order valence-corrected chi connectivity index (χ3v) is 5.23. The highest BCUT2D eigenvalue weighted by Gasteiger charge is 2.22. The van der Waals surface area contributed by atoms with Gasteiger partial charge in [0.15, 0.2) is 0 Å². The number of likely N-dealkylation sites (N-methyl/N-ethyl adjacent to an activating group) is 1. The van der Waals surface area contributed by atoms with E-state index >= 15 is 0 Å². The van der Waals surface area contributed by atoms with Gasteiger partial charge in [0, 0.05) is 24.4 Å². The molecule has 1 unspecified atom stereocenters. The molecular weight excluding hydrogens is 304 g/mol. The van der Waals surface area contributed by atoms with Crippen molar-refractivity contribution >= 4 is 22.9 Å². The van der Waals surface area contributed by atoms with E-state index in [0.717, 1.165) is 46.5 Å². The van der Waals surface area contributed by atoms with Crippen molar-refractivity contribution in [3.05, 3.63) is 32.0 Å². The lowest BCUT2D eigenvalue weighted by molar-refractivity contribution is 0.533. The van der Waals surface area contributed by atoms with Crippen molar-refractivity contribution in [2.75, 3.05) is 6.54 Å². The van der Waals surface area contributed by atoms with Crippen molar-refractivity contribution in [3.63, 3.8) is 0 Å². The van der Waals surface area contributed by atoms with E-state index in [0.29, 0.717) is 0 Å². The number of aromatic nitrogens is 3. The summed E-state index contributed by atoms with van der Waals surface area (Å²) in [6.07, 6.45) is 1.69. The minimum Gasteiger partial charge on any atom is -0.309 e. The van der Waals surface area contributed by atoms with Crippen molar-refractivity contribution in [3.8, 4) is 0 Å². The third-order valence-electron chi connectivity index (χ3n) is 3.61. The lowest BCUT2D eigenvalue weighted by atomic mass is 10.1. The number of hydrogen-bond donors (Lipinski definition) is 1. The quantitative estimate of drug-likeness (QED) is 0.882. The molecule has 2 aromatic rings. The Morgan fingerprint density at radius 3 is 2.52 bits per heavy atom. The Bertz CT molecular complexity index is 617. The fraction of sp³-hybridized carbons (Fsp3) is 0.600. The van der Waals surface area contributed by atoms with Gasteiger partial charge in [-0.15, -0.1) is 11.3 Å². The maximum absolute atomic E-state index is 6.48. The summed E-state index contributed by atoms with van der Waals surface area (Å²) in [5, 5.41) is 9.98. The molecule has 6 heteroatoms. The summed E-state index contributed by atoms with van der Waals surface area (Å²) in [5.41, 5.74) is 3.17. The van der Waals surface area contributed by atoms with Crippen molar-refractivity contribution in [1.82, 2.24) is 20.1 Å². The maximum Gasteiger partial charge on any atom is 0.0900 e. The number of nitrogens with zero attached hydrogens (tertiary/aromatic N) is 3. The van der Waals surface area contributed by atoms with Gasteiger partial charge >= 0.3 is 0 Å². The minimum absolute atomic E-state index is 0.235. The van der Waals surface area contributed by atoms with Crippen molar-refractivity contribution in [2.45, 2.75) is 46.6 Å². The smallest absolute Gasteiger partial charge is 0.0900 e. The Hall–Kier alpha value is -0.910. The predicted molar refractivity (Wildman–Crippen MR) is 89.3 cm³/mol. The zero-order chi connectivity index (χ0) is 15.6. The van der Waals surface area contributed by atoms with E-state index in [4.69, 9.17) is 11.6 Å². The van der Waals surface area contributed by atoms with Gasteiger partial charge in [-0.1, -0.05) is 25.4 Å². The first-order valence-corrected chi connectivity index (χ1v) is 8.54. The SMILES string of the molecule is CCNC(Cc1c(Cl)c(CC)nn1C)c1sc(C)nc1C. The van der Waals surface area contributed by atoms with Crippen molar-refractivity contribution < 1.29 is 0 Å². The van der Waals surface area contributed by atoms with Crippen LogP contribution in [0.4, 0.5) is 0 Å². The molecule has 0 aliphatic heterocycles. The summed E-state index contributed by atoms with van der Waals surface area (Å²) >= 11 is 8.24. The van der Waals surface area contributed by atoms with E-state index in [9.17, 15) is 0 Å². The molecule has 0 radical (unpaired) electrons. The van der Waals surface area contributed by atoms with Gasteiger partial charge in [0.05, 0.1) is 27.1 Å². The predicted octanol–water partition coefficient (Wildman–Crippen LogP) is 3.60. The number of thiazole rings is 1. The topological polar surface area (TPSA) is 42.7 Å².